The van der Waals surface area contributed by atoms with Gasteiger partial charge < -0.3 is 15.0 Å². The second-order valence-electron chi connectivity index (χ2n) is 5.74. The van der Waals surface area contributed by atoms with E-state index < -0.39 is 0 Å². The Kier molecular flexibility index (Phi) is 2.97. The number of imidazole rings is 1. The van der Waals surface area contributed by atoms with Gasteiger partial charge in [0.25, 0.3) is 0 Å². The van der Waals surface area contributed by atoms with E-state index in [1.165, 1.54) is 0 Å². The van der Waals surface area contributed by atoms with E-state index in [0.717, 1.165) is 16.8 Å². The minimum Gasteiger partial charge on any atom is -0.497 e. The van der Waals surface area contributed by atoms with Gasteiger partial charge in [-0.15, -0.1) is 0 Å². The van der Waals surface area contributed by atoms with Crippen LogP contribution in [0.3, 0.4) is 0 Å². The lowest BCUT2D eigenvalue weighted by Crippen LogP contribution is -2.22. The van der Waals surface area contributed by atoms with Crippen molar-refractivity contribution in [2.75, 3.05) is 12.8 Å². The Morgan fingerprint density at radius 1 is 1.33 bits per heavy atom. The van der Waals surface area contributed by atoms with Gasteiger partial charge in [0.2, 0.25) is 5.95 Å². The molecule has 4 heteroatoms. The Bertz CT molecular complexity index is 566. The number of hydrogen-bond acceptors (Lipinski definition) is 3. The summed E-state index contributed by atoms with van der Waals surface area (Å²) in [6.45, 7) is 8.76. The zero-order valence-corrected chi connectivity index (χ0v) is 11.7. The molecule has 4 nitrogen and oxygen atoms in total. The van der Waals surface area contributed by atoms with Gasteiger partial charge in [-0.05, 0) is 24.5 Å². The molecule has 98 valence electrons. The third kappa shape index (κ3) is 2.03. The third-order valence-electron chi connectivity index (χ3n) is 3.56. The molecule has 2 aromatic rings. The summed E-state index contributed by atoms with van der Waals surface area (Å²) in [6.07, 6.45) is 0. The number of ether oxygens (including phenoxy) is 1. The molecule has 0 aliphatic rings. The smallest absolute Gasteiger partial charge is 0.201 e. The van der Waals surface area contributed by atoms with Crippen LogP contribution in [0.25, 0.3) is 11.0 Å². The Hall–Kier alpha value is -1.71. The predicted octanol–water partition coefficient (Wildman–Crippen LogP) is 3.23. The van der Waals surface area contributed by atoms with Crippen LogP contribution >= 0.6 is 0 Å². The van der Waals surface area contributed by atoms with E-state index in [4.69, 9.17) is 10.5 Å². The van der Waals surface area contributed by atoms with Gasteiger partial charge in [0.05, 0.1) is 18.1 Å². The lowest BCUT2D eigenvalue weighted by Gasteiger charge is -2.29. The molecule has 0 aliphatic heterocycles. The Labute approximate surface area is 108 Å². The number of anilines is 1. The highest BCUT2D eigenvalue weighted by atomic mass is 16.5. The van der Waals surface area contributed by atoms with Gasteiger partial charge in [0, 0.05) is 12.1 Å². The molecule has 0 amide bonds. The lowest BCUT2D eigenvalue weighted by molar-refractivity contribution is 0.270. The van der Waals surface area contributed by atoms with E-state index in [1.54, 1.807) is 7.11 Å². The fourth-order valence-electron chi connectivity index (χ4n) is 2.01. The van der Waals surface area contributed by atoms with E-state index in [1.807, 2.05) is 18.2 Å². The van der Waals surface area contributed by atoms with Crippen LogP contribution in [0.2, 0.25) is 0 Å². The van der Waals surface area contributed by atoms with Crippen molar-refractivity contribution in [1.82, 2.24) is 9.55 Å². The molecule has 1 atom stereocenters. The molecule has 1 unspecified atom stereocenters. The number of benzene rings is 1. The summed E-state index contributed by atoms with van der Waals surface area (Å²) in [5.41, 5.74) is 8.10. The molecule has 18 heavy (non-hydrogen) atoms. The molecule has 0 saturated heterocycles. The second-order valence-corrected chi connectivity index (χ2v) is 5.74. The fraction of sp³-hybridized carbons (Fsp3) is 0.500. The summed E-state index contributed by atoms with van der Waals surface area (Å²) in [5.74, 6) is 1.38. The van der Waals surface area contributed by atoms with Gasteiger partial charge in [-0.2, -0.15) is 0 Å². The molecule has 0 fully saturated rings. The topological polar surface area (TPSA) is 53.1 Å². The maximum atomic E-state index is 6.05. The Morgan fingerprint density at radius 3 is 2.56 bits per heavy atom. The number of aromatic nitrogens is 2. The summed E-state index contributed by atoms with van der Waals surface area (Å²) >= 11 is 0. The number of rotatable bonds is 2. The van der Waals surface area contributed by atoms with Gasteiger partial charge in [-0.1, -0.05) is 20.8 Å². The zero-order chi connectivity index (χ0) is 13.5. The Morgan fingerprint density at radius 2 is 2.00 bits per heavy atom. The second kappa shape index (κ2) is 4.19. The molecule has 1 heterocycles. The van der Waals surface area contributed by atoms with Crippen molar-refractivity contribution in [2.45, 2.75) is 33.7 Å². The number of nitrogens with zero attached hydrogens (tertiary/aromatic N) is 2. The molecule has 0 bridgehead atoms. The van der Waals surface area contributed by atoms with Crippen LogP contribution in [-0.4, -0.2) is 16.7 Å². The SMILES string of the molecule is COc1ccc2nc(N)n(C(C)C(C)(C)C)c2c1. The minimum atomic E-state index is 0.116. The maximum Gasteiger partial charge on any atom is 0.201 e. The average molecular weight is 247 g/mol. The first kappa shape index (κ1) is 12.7. The van der Waals surface area contributed by atoms with Crippen LogP contribution in [0.15, 0.2) is 18.2 Å². The average Bonchev–Trinajstić information content (AvgIpc) is 2.61. The van der Waals surface area contributed by atoms with Crippen LogP contribution in [0.1, 0.15) is 33.7 Å². The summed E-state index contributed by atoms with van der Waals surface area (Å²) in [5, 5.41) is 0. The highest BCUT2D eigenvalue weighted by molar-refractivity contribution is 5.80. The molecular weight excluding hydrogens is 226 g/mol. The summed E-state index contributed by atoms with van der Waals surface area (Å²) in [7, 11) is 1.67. The van der Waals surface area contributed by atoms with Crippen molar-refractivity contribution in [1.29, 1.82) is 0 Å². The normalized spacial score (nSPS) is 13.8. The monoisotopic (exact) mass is 247 g/mol. The highest BCUT2D eigenvalue weighted by Crippen LogP contribution is 2.35. The van der Waals surface area contributed by atoms with Crippen molar-refractivity contribution in [2.24, 2.45) is 5.41 Å². The number of hydrogen-bond donors (Lipinski definition) is 1. The van der Waals surface area contributed by atoms with E-state index in [2.05, 4.69) is 37.2 Å². The van der Waals surface area contributed by atoms with E-state index >= 15 is 0 Å². The van der Waals surface area contributed by atoms with E-state index in [0.29, 0.717) is 5.95 Å². The van der Waals surface area contributed by atoms with Crippen molar-refractivity contribution in [3.8, 4) is 5.75 Å². The standard InChI is InChI=1S/C14H21N3O/c1-9(14(2,3)4)17-12-8-10(18-5)6-7-11(12)16-13(17)15/h6-9H,1-5H3,(H2,15,16). The molecule has 1 aromatic carbocycles. The molecular formula is C14H21N3O. The number of methoxy groups -OCH3 is 1. The maximum absolute atomic E-state index is 6.05. The fourth-order valence-corrected chi connectivity index (χ4v) is 2.01. The quantitative estimate of drug-likeness (QED) is 0.886. The van der Waals surface area contributed by atoms with Gasteiger partial charge >= 0.3 is 0 Å². The van der Waals surface area contributed by atoms with Gasteiger partial charge in [0.15, 0.2) is 0 Å². The van der Waals surface area contributed by atoms with Crippen LogP contribution in [0.4, 0.5) is 5.95 Å². The number of nitrogen functional groups attached to an aromatic ring is 1. The van der Waals surface area contributed by atoms with Crippen molar-refractivity contribution >= 4 is 17.0 Å². The molecule has 2 rings (SSSR count). The van der Waals surface area contributed by atoms with Crippen molar-refractivity contribution in [3.05, 3.63) is 18.2 Å². The van der Waals surface area contributed by atoms with Gasteiger partial charge in [-0.25, -0.2) is 4.98 Å². The minimum absolute atomic E-state index is 0.116. The first-order valence-corrected chi connectivity index (χ1v) is 6.16. The number of fused-ring (bicyclic) bond motifs is 1. The Balaban J connectivity index is 2.65. The molecule has 1 aromatic heterocycles. The third-order valence-corrected chi connectivity index (χ3v) is 3.56. The van der Waals surface area contributed by atoms with Gasteiger partial charge in [-0.3, -0.25) is 0 Å². The zero-order valence-electron chi connectivity index (χ0n) is 11.7. The summed E-state index contributed by atoms with van der Waals surface area (Å²) in [6, 6.07) is 6.09. The summed E-state index contributed by atoms with van der Waals surface area (Å²) < 4.78 is 7.35. The molecule has 0 radical (unpaired) electrons. The van der Waals surface area contributed by atoms with E-state index in [9.17, 15) is 0 Å². The molecule has 0 saturated carbocycles. The van der Waals surface area contributed by atoms with Crippen LogP contribution in [-0.2, 0) is 0 Å². The van der Waals surface area contributed by atoms with Crippen molar-refractivity contribution < 1.29 is 4.74 Å². The lowest BCUT2D eigenvalue weighted by atomic mass is 9.88. The van der Waals surface area contributed by atoms with Gasteiger partial charge in [0.1, 0.15) is 5.75 Å². The van der Waals surface area contributed by atoms with Crippen LogP contribution in [0, 0.1) is 5.41 Å². The molecule has 0 spiro atoms. The first-order valence-electron chi connectivity index (χ1n) is 6.16. The summed E-state index contributed by atoms with van der Waals surface area (Å²) in [4.78, 5) is 4.41. The van der Waals surface area contributed by atoms with Crippen LogP contribution < -0.4 is 10.5 Å². The van der Waals surface area contributed by atoms with E-state index in [-0.39, 0.29) is 11.5 Å². The largest absolute Gasteiger partial charge is 0.497 e. The first-order chi connectivity index (χ1) is 8.34. The predicted molar refractivity (Wildman–Crippen MR) is 74.9 cm³/mol. The highest BCUT2D eigenvalue weighted by Gasteiger charge is 2.25. The van der Waals surface area contributed by atoms with Crippen LogP contribution in [0.5, 0.6) is 5.75 Å². The molecule has 0 aliphatic carbocycles. The van der Waals surface area contributed by atoms with Crippen molar-refractivity contribution in [3.63, 3.8) is 0 Å². The number of nitrogens with two attached hydrogens (primary N) is 1. The molecule has 2 N–H and O–H groups in total.